The van der Waals surface area contributed by atoms with Gasteiger partial charge in [-0.1, -0.05) is 36.5 Å². The summed E-state index contributed by atoms with van der Waals surface area (Å²) in [5.41, 5.74) is 10.8. The predicted molar refractivity (Wildman–Crippen MR) is 79.3 cm³/mol. The van der Waals surface area contributed by atoms with Crippen molar-refractivity contribution in [1.82, 2.24) is 0 Å². The largest absolute Gasteiger partial charge is 0.330 e. The van der Waals surface area contributed by atoms with Gasteiger partial charge in [-0.05, 0) is 31.5 Å². The van der Waals surface area contributed by atoms with Gasteiger partial charge in [-0.3, -0.25) is 0 Å². The molecule has 3 heteroatoms. The molecule has 2 nitrogen and oxygen atoms in total. The molecule has 1 aromatic rings. The van der Waals surface area contributed by atoms with Crippen LogP contribution in [0.4, 0.5) is 0 Å². The number of rotatable bonds is 5. The molecule has 18 heavy (non-hydrogen) atoms. The number of thiophene rings is 1. The second-order valence-corrected chi connectivity index (χ2v) is 5.01. The van der Waals surface area contributed by atoms with Gasteiger partial charge in [0.1, 0.15) is 0 Å². The predicted octanol–water partition coefficient (Wildman–Crippen LogP) is 2.32. The van der Waals surface area contributed by atoms with Crippen LogP contribution in [-0.2, 0) is 0 Å². The molecule has 0 bridgehead atoms. The summed E-state index contributed by atoms with van der Waals surface area (Å²) in [6.07, 6.45) is 5.70. The van der Waals surface area contributed by atoms with Crippen LogP contribution in [0.1, 0.15) is 41.9 Å². The Balaban J connectivity index is 2.28. The van der Waals surface area contributed by atoms with E-state index in [0.29, 0.717) is 6.54 Å². The molecule has 0 radical (unpaired) electrons. The summed E-state index contributed by atoms with van der Waals surface area (Å²) in [7, 11) is 0. The van der Waals surface area contributed by atoms with E-state index in [0.717, 1.165) is 35.6 Å². The van der Waals surface area contributed by atoms with E-state index in [-0.39, 0.29) is 0 Å². The van der Waals surface area contributed by atoms with Crippen molar-refractivity contribution < 1.29 is 0 Å². The molecule has 0 atom stereocenters. The lowest BCUT2D eigenvalue weighted by molar-refractivity contribution is 0.657. The quantitative estimate of drug-likeness (QED) is 0.630. The molecular formula is C15H20N2S. The third-order valence-corrected chi connectivity index (χ3v) is 3.30. The van der Waals surface area contributed by atoms with Gasteiger partial charge in [0.15, 0.2) is 0 Å². The van der Waals surface area contributed by atoms with Gasteiger partial charge < -0.3 is 11.5 Å². The SMILES string of the molecule is NCC#Cc1ccc(C#CCCCCCCN)s1. The second-order valence-electron chi connectivity index (χ2n) is 3.92. The Labute approximate surface area is 114 Å². The fraction of sp³-hybridized carbons (Fsp3) is 0.467. The Bertz CT molecular complexity index is 454. The van der Waals surface area contributed by atoms with Crippen LogP contribution >= 0.6 is 11.3 Å². The molecule has 0 aliphatic rings. The molecule has 0 unspecified atom stereocenters. The van der Waals surface area contributed by atoms with Crippen molar-refractivity contribution in [1.29, 1.82) is 0 Å². The molecule has 1 heterocycles. The highest BCUT2D eigenvalue weighted by Crippen LogP contribution is 2.14. The topological polar surface area (TPSA) is 52.0 Å². The fourth-order valence-corrected chi connectivity index (χ4v) is 2.23. The standard InChI is InChI=1S/C15H20N2S/c16-12-6-4-2-1-3-5-8-14-10-11-15(18-14)9-7-13-17/h10-11H,1-4,6,12-13,16-17H2. The average Bonchev–Trinajstić information content (AvgIpc) is 2.83. The molecule has 0 saturated carbocycles. The zero-order chi connectivity index (χ0) is 13.1. The molecule has 4 N–H and O–H groups in total. The maximum Gasteiger partial charge on any atom is 0.0782 e. The molecule has 0 aliphatic heterocycles. The van der Waals surface area contributed by atoms with Gasteiger partial charge in [-0.2, -0.15) is 0 Å². The summed E-state index contributed by atoms with van der Waals surface area (Å²) >= 11 is 1.63. The summed E-state index contributed by atoms with van der Waals surface area (Å²) in [5.74, 6) is 12.2. The fourth-order valence-electron chi connectivity index (χ4n) is 1.47. The highest BCUT2D eigenvalue weighted by atomic mass is 32.1. The summed E-state index contributed by atoms with van der Waals surface area (Å²) < 4.78 is 0. The molecule has 96 valence electrons. The van der Waals surface area contributed by atoms with Crippen molar-refractivity contribution in [3.05, 3.63) is 21.9 Å². The van der Waals surface area contributed by atoms with Crippen LogP contribution < -0.4 is 11.5 Å². The number of hydrogen-bond donors (Lipinski definition) is 2. The van der Waals surface area contributed by atoms with Gasteiger partial charge in [0.25, 0.3) is 0 Å². The molecule has 0 spiro atoms. The van der Waals surface area contributed by atoms with Gasteiger partial charge in [0, 0.05) is 6.42 Å². The molecule has 1 aromatic heterocycles. The first kappa shape index (κ1) is 14.8. The summed E-state index contributed by atoms with van der Waals surface area (Å²) in [6.45, 7) is 1.20. The Morgan fingerprint density at radius 1 is 0.889 bits per heavy atom. The third kappa shape index (κ3) is 6.47. The molecular weight excluding hydrogens is 240 g/mol. The number of unbranched alkanes of at least 4 members (excludes halogenated alkanes) is 4. The smallest absolute Gasteiger partial charge is 0.0782 e. The van der Waals surface area contributed by atoms with Crippen molar-refractivity contribution in [3.8, 4) is 23.7 Å². The van der Waals surface area contributed by atoms with Gasteiger partial charge >= 0.3 is 0 Å². The van der Waals surface area contributed by atoms with E-state index in [9.17, 15) is 0 Å². The highest BCUT2D eigenvalue weighted by molar-refractivity contribution is 7.13. The van der Waals surface area contributed by atoms with Crippen LogP contribution in [0.5, 0.6) is 0 Å². The minimum atomic E-state index is 0.404. The van der Waals surface area contributed by atoms with Crippen molar-refractivity contribution in [2.45, 2.75) is 32.1 Å². The maximum absolute atomic E-state index is 5.44. The third-order valence-electron chi connectivity index (χ3n) is 2.39. The Hall–Kier alpha value is -1.26. The van der Waals surface area contributed by atoms with E-state index in [1.807, 2.05) is 12.1 Å². The number of nitrogens with two attached hydrogens (primary N) is 2. The summed E-state index contributed by atoms with van der Waals surface area (Å²) in [6, 6.07) is 4.02. The minimum absolute atomic E-state index is 0.404. The lowest BCUT2D eigenvalue weighted by atomic mass is 10.1. The van der Waals surface area contributed by atoms with E-state index in [1.54, 1.807) is 11.3 Å². The normalized spacial score (nSPS) is 9.22. The summed E-state index contributed by atoms with van der Waals surface area (Å²) in [5, 5.41) is 0. The summed E-state index contributed by atoms with van der Waals surface area (Å²) in [4.78, 5) is 2.12. The lowest BCUT2D eigenvalue weighted by Gasteiger charge is -1.94. The zero-order valence-electron chi connectivity index (χ0n) is 10.7. The van der Waals surface area contributed by atoms with Crippen LogP contribution in [-0.4, -0.2) is 13.1 Å². The monoisotopic (exact) mass is 260 g/mol. The van der Waals surface area contributed by atoms with Crippen LogP contribution in [0.2, 0.25) is 0 Å². The second kappa shape index (κ2) is 9.74. The Morgan fingerprint density at radius 2 is 1.56 bits per heavy atom. The highest BCUT2D eigenvalue weighted by Gasteiger charge is 1.93. The van der Waals surface area contributed by atoms with Gasteiger partial charge in [0.05, 0.1) is 16.3 Å². The van der Waals surface area contributed by atoms with Crippen molar-refractivity contribution >= 4 is 11.3 Å². The van der Waals surface area contributed by atoms with E-state index >= 15 is 0 Å². The molecule has 0 amide bonds. The van der Waals surface area contributed by atoms with Gasteiger partial charge in [-0.15, -0.1) is 11.3 Å². The first-order valence-corrected chi connectivity index (χ1v) is 7.16. The molecule has 0 saturated heterocycles. The molecule has 0 aliphatic carbocycles. The maximum atomic E-state index is 5.44. The van der Waals surface area contributed by atoms with Crippen LogP contribution in [0.25, 0.3) is 0 Å². The van der Waals surface area contributed by atoms with Gasteiger partial charge in [0.2, 0.25) is 0 Å². The molecule has 1 rings (SSSR count). The minimum Gasteiger partial charge on any atom is -0.330 e. The van der Waals surface area contributed by atoms with E-state index in [4.69, 9.17) is 11.5 Å². The Morgan fingerprint density at radius 3 is 2.22 bits per heavy atom. The van der Waals surface area contributed by atoms with Crippen molar-refractivity contribution in [2.24, 2.45) is 11.5 Å². The molecule has 0 aromatic carbocycles. The van der Waals surface area contributed by atoms with Gasteiger partial charge in [-0.25, -0.2) is 0 Å². The first-order valence-electron chi connectivity index (χ1n) is 6.34. The van der Waals surface area contributed by atoms with Crippen LogP contribution in [0.3, 0.4) is 0 Å². The van der Waals surface area contributed by atoms with E-state index < -0.39 is 0 Å². The van der Waals surface area contributed by atoms with Crippen molar-refractivity contribution in [3.63, 3.8) is 0 Å². The van der Waals surface area contributed by atoms with E-state index in [2.05, 4.69) is 23.7 Å². The van der Waals surface area contributed by atoms with Crippen molar-refractivity contribution in [2.75, 3.05) is 13.1 Å². The van der Waals surface area contributed by atoms with Crippen LogP contribution in [0, 0.1) is 23.7 Å². The number of hydrogen-bond acceptors (Lipinski definition) is 3. The Kier molecular flexibility index (Phi) is 8.01. The molecule has 0 fully saturated rings. The van der Waals surface area contributed by atoms with Crippen LogP contribution in [0.15, 0.2) is 12.1 Å². The average molecular weight is 260 g/mol. The lowest BCUT2D eigenvalue weighted by Crippen LogP contribution is -1.97. The first-order chi connectivity index (χ1) is 8.86. The van der Waals surface area contributed by atoms with E-state index in [1.165, 1.54) is 12.8 Å². The zero-order valence-corrected chi connectivity index (χ0v) is 11.5.